The number of carbonyl (C=O) groups is 1. The van der Waals surface area contributed by atoms with Crippen LogP contribution in [0.1, 0.15) is 21.8 Å². The molecular weight excluding hydrogens is 270 g/mol. The summed E-state index contributed by atoms with van der Waals surface area (Å²) in [6.45, 7) is 1.94. The zero-order valence-electron chi connectivity index (χ0n) is 8.74. The van der Waals surface area contributed by atoms with Crippen molar-refractivity contribution in [1.82, 2.24) is 4.98 Å². The summed E-state index contributed by atoms with van der Waals surface area (Å²) in [5.74, 6) is 0.296. The minimum Gasteiger partial charge on any atom is -0.446 e. The van der Waals surface area contributed by atoms with E-state index in [1.807, 2.05) is 19.1 Å². The largest absolute Gasteiger partial charge is 0.446 e. The Bertz CT molecular complexity index is 519. The first-order valence-electron chi connectivity index (χ1n) is 4.86. The molecule has 4 heteroatoms. The molecule has 0 saturated carbocycles. The first-order chi connectivity index (χ1) is 7.66. The summed E-state index contributed by atoms with van der Waals surface area (Å²) in [7, 11) is 0. The Balaban J connectivity index is 2.17. The highest BCUT2D eigenvalue weighted by molar-refractivity contribution is 9.10. The Hall–Kier alpha value is -1.42. The summed E-state index contributed by atoms with van der Waals surface area (Å²) >= 11 is 3.17. The summed E-state index contributed by atoms with van der Waals surface area (Å²) in [5, 5.41) is 0. The second-order valence-electron chi connectivity index (χ2n) is 3.47. The summed E-state index contributed by atoms with van der Waals surface area (Å²) in [6.07, 6.45) is 1.96. The minimum absolute atomic E-state index is 0.0625. The molecule has 16 heavy (non-hydrogen) atoms. The van der Waals surface area contributed by atoms with Crippen LogP contribution < -0.4 is 0 Å². The number of aryl methyl sites for hydroxylation is 1. The van der Waals surface area contributed by atoms with E-state index in [4.69, 9.17) is 4.42 Å². The van der Waals surface area contributed by atoms with Crippen molar-refractivity contribution >= 4 is 21.7 Å². The van der Waals surface area contributed by atoms with Crippen molar-refractivity contribution < 1.29 is 9.21 Å². The van der Waals surface area contributed by atoms with Crippen LogP contribution in [0, 0.1) is 6.92 Å². The Morgan fingerprint density at radius 2 is 2.25 bits per heavy atom. The van der Waals surface area contributed by atoms with Crippen LogP contribution >= 0.6 is 15.9 Å². The zero-order valence-corrected chi connectivity index (χ0v) is 10.3. The number of ketones is 1. The molecule has 0 unspecified atom stereocenters. The van der Waals surface area contributed by atoms with E-state index in [9.17, 15) is 4.79 Å². The van der Waals surface area contributed by atoms with E-state index in [1.165, 1.54) is 0 Å². The number of furan rings is 1. The van der Waals surface area contributed by atoms with Crippen LogP contribution in [0.25, 0.3) is 0 Å². The summed E-state index contributed by atoms with van der Waals surface area (Å²) < 4.78 is 5.76. The molecule has 0 fully saturated rings. The molecule has 2 heterocycles. The molecule has 0 radical (unpaired) electrons. The molecule has 0 amide bonds. The highest BCUT2D eigenvalue weighted by atomic mass is 79.9. The molecule has 0 N–H and O–H groups in total. The van der Waals surface area contributed by atoms with E-state index < -0.39 is 0 Å². The Labute approximate surface area is 102 Å². The molecule has 3 nitrogen and oxygen atoms in total. The number of nitrogens with zero attached hydrogens (tertiary/aromatic N) is 1. The van der Waals surface area contributed by atoms with E-state index in [-0.39, 0.29) is 12.2 Å². The first-order valence-corrected chi connectivity index (χ1v) is 5.65. The number of aromatic nitrogens is 1. The van der Waals surface area contributed by atoms with Gasteiger partial charge in [0.15, 0.2) is 10.4 Å². The first kappa shape index (κ1) is 11.1. The smallest absolute Gasteiger partial charge is 0.203 e. The van der Waals surface area contributed by atoms with Crippen LogP contribution in [-0.4, -0.2) is 10.8 Å². The van der Waals surface area contributed by atoms with Crippen molar-refractivity contribution in [3.05, 3.63) is 52.1 Å². The number of carbonyl (C=O) groups excluding carboxylic acids is 1. The number of halogens is 1. The maximum absolute atomic E-state index is 11.8. The highest BCUT2D eigenvalue weighted by Crippen LogP contribution is 2.16. The SMILES string of the molecule is Cc1cccnc1CC(=O)c1ccc(Br)o1. The molecule has 0 aliphatic heterocycles. The second kappa shape index (κ2) is 4.61. The maximum Gasteiger partial charge on any atom is 0.203 e. The maximum atomic E-state index is 11.8. The molecule has 0 aliphatic rings. The molecule has 2 aromatic heterocycles. The van der Waals surface area contributed by atoms with Gasteiger partial charge >= 0.3 is 0 Å². The Kier molecular flexibility index (Phi) is 3.19. The minimum atomic E-state index is -0.0625. The van der Waals surface area contributed by atoms with Crippen molar-refractivity contribution in [3.8, 4) is 0 Å². The van der Waals surface area contributed by atoms with Crippen molar-refractivity contribution in [2.75, 3.05) is 0 Å². The van der Waals surface area contributed by atoms with Crippen LogP contribution in [0.15, 0.2) is 39.5 Å². The van der Waals surface area contributed by atoms with Crippen LogP contribution in [0.4, 0.5) is 0 Å². The van der Waals surface area contributed by atoms with E-state index in [0.29, 0.717) is 10.4 Å². The van der Waals surface area contributed by atoms with Gasteiger partial charge in [-0.25, -0.2) is 0 Å². The van der Waals surface area contributed by atoms with Crippen LogP contribution in [0.3, 0.4) is 0 Å². The number of Topliss-reactive ketones (excluding diaryl/α,β-unsaturated/α-hetero) is 1. The van der Waals surface area contributed by atoms with Gasteiger partial charge in [0.05, 0.1) is 12.1 Å². The highest BCUT2D eigenvalue weighted by Gasteiger charge is 2.13. The fraction of sp³-hybridized carbons (Fsp3) is 0.167. The van der Waals surface area contributed by atoms with Gasteiger partial charge in [0, 0.05) is 6.20 Å². The molecule has 0 aliphatic carbocycles. The van der Waals surface area contributed by atoms with Crippen molar-refractivity contribution in [3.63, 3.8) is 0 Å². The summed E-state index contributed by atoms with van der Waals surface area (Å²) in [6, 6.07) is 7.16. The van der Waals surface area contributed by atoms with Crippen molar-refractivity contribution in [1.29, 1.82) is 0 Å². The zero-order chi connectivity index (χ0) is 11.5. The molecule has 2 aromatic rings. The fourth-order valence-corrected chi connectivity index (χ4v) is 1.71. The van der Waals surface area contributed by atoms with E-state index >= 15 is 0 Å². The van der Waals surface area contributed by atoms with Crippen molar-refractivity contribution in [2.45, 2.75) is 13.3 Å². The lowest BCUT2D eigenvalue weighted by molar-refractivity contribution is 0.0964. The van der Waals surface area contributed by atoms with Gasteiger partial charge in [-0.2, -0.15) is 0 Å². The molecule has 0 atom stereocenters. The van der Waals surface area contributed by atoms with Gasteiger partial charge < -0.3 is 4.42 Å². The van der Waals surface area contributed by atoms with E-state index in [2.05, 4.69) is 20.9 Å². The lowest BCUT2D eigenvalue weighted by atomic mass is 10.1. The van der Waals surface area contributed by atoms with Gasteiger partial charge in [-0.15, -0.1) is 0 Å². The van der Waals surface area contributed by atoms with Gasteiger partial charge in [-0.1, -0.05) is 6.07 Å². The second-order valence-corrected chi connectivity index (χ2v) is 4.25. The third kappa shape index (κ3) is 2.39. The van der Waals surface area contributed by atoms with Gasteiger partial charge in [-0.3, -0.25) is 9.78 Å². The lowest BCUT2D eigenvalue weighted by Gasteiger charge is -2.01. The normalized spacial score (nSPS) is 10.4. The fourth-order valence-electron chi connectivity index (χ4n) is 1.41. The molecule has 0 bridgehead atoms. The average molecular weight is 280 g/mol. The number of hydrogen-bond donors (Lipinski definition) is 0. The third-order valence-corrected chi connectivity index (χ3v) is 2.72. The number of rotatable bonds is 3. The number of pyridine rings is 1. The Morgan fingerprint density at radius 3 is 2.88 bits per heavy atom. The van der Waals surface area contributed by atoms with Crippen LogP contribution in [-0.2, 0) is 6.42 Å². The predicted molar refractivity (Wildman–Crippen MR) is 63.4 cm³/mol. The predicted octanol–water partition coefficient (Wildman–Crippen LogP) is 3.17. The van der Waals surface area contributed by atoms with Crippen LogP contribution in [0.5, 0.6) is 0 Å². The van der Waals surface area contributed by atoms with E-state index in [0.717, 1.165) is 11.3 Å². The van der Waals surface area contributed by atoms with E-state index in [1.54, 1.807) is 18.3 Å². The van der Waals surface area contributed by atoms with Gasteiger partial charge in [0.2, 0.25) is 5.78 Å². The molecule has 2 rings (SSSR count). The van der Waals surface area contributed by atoms with Gasteiger partial charge in [0.25, 0.3) is 0 Å². The molecule has 0 aromatic carbocycles. The molecular formula is C12H10BrNO2. The molecule has 0 spiro atoms. The van der Waals surface area contributed by atoms with Crippen molar-refractivity contribution in [2.24, 2.45) is 0 Å². The Morgan fingerprint density at radius 1 is 1.44 bits per heavy atom. The summed E-state index contributed by atoms with van der Waals surface area (Å²) in [5.41, 5.74) is 1.81. The topological polar surface area (TPSA) is 43.1 Å². The molecule has 82 valence electrons. The van der Waals surface area contributed by atoms with Gasteiger partial charge in [-0.05, 0) is 46.6 Å². The lowest BCUT2D eigenvalue weighted by Crippen LogP contribution is -2.05. The quantitative estimate of drug-likeness (QED) is 0.811. The summed E-state index contributed by atoms with van der Waals surface area (Å²) in [4.78, 5) is 16.0. The average Bonchev–Trinajstić information content (AvgIpc) is 2.68. The third-order valence-electron chi connectivity index (χ3n) is 2.29. The number of hydrogen-bond acceptors (Lipinski definition) is 3. The van der Waals surface area contributed by atoms with Gasteiger partial charge in [0.1, 0.15) is 0 Å². The standard InChI is InChI=1S/C12H10BrNO2/c1-8-3-2-6-14-9(8)7-10(15)11-4-5-12(13)16-11/h2-6H,7H2,1H3. The molecule has 0 saturated heterocycles. The monoisotopic (exact) mass is 279 g/mol. The van der Waals surface area contributed by atoms with Crippen LogP contribution in [0.2, 0.25) is 0 Å².